The third-order valence-electron chi connectivity index (χ3n) is 7.68. The molecule has 2 N–H and O–H groups in total. The first kappa shape index (κ1) is 28.0. The number of nitriles is 1. The van der Waals surface area contributed by atoms with Gasteiger partial charge in [0.1, 0.15) is 11.7 Å². The Bertz CT molecular complexity index is 1990. The molecule has 1 aliphatic rings. The molecule has 0 aliphatic carbocycles. The van der Waals surface area contributed by atoms with E-state index in [2.05, 4.69) is 16.1 Å². The molecule has 1 atom stereocenters. The number of aromatic nitrogens is 1. The zero-order valence-electron chi connectivity index (χ0n) is 23.2. The summed E-state index contributed by atoms with van der Waals surface area (Å²) in [6.45, 7) is 1.20. The average molecular weight is 592 g/mol. The molecule has 216 valence electrons. The van der Waals surface area contributed by atoms with Crippen LogP contribution in [0.4, 0.5) is 5.69 Å². The van der Waals surface area contributed by atoms with Crippen LogP contribution in [0, 0.1) is 11.3 Å². The fraction of sp³-hybridized carbons (Fsp3) is 0.182. The molecule has 1 aromatic heterocycles. The lowest BCUT2D eigenvalue weighted by Gasteiger charge is -2.24. The van der Waals surface area contributed by atoms with Crippen molar-refractivity contribution in [2.75, 3.05) is 17.8 Å². The number of rotatable bonds is 8. The van der Waals surface area contributed by atoms with E-state index in [1.807, 2.05) is 30.3 Å². The van der Waals surface area contributed by atoms with Gasteiger partial charge in [-0.1, -0.05) is 60.7 Å². The van der Waals surface area contributed by atoms with Gasteiger partial charge in [0.2, 0.25) is 5.91 Å². The van der Waals surface area contributed by atoms with Crippen LogP contribution in [0.15, 0.2) is 97.1 Å². The van der Waals surface area contributed by atoms with Crippen molar-refractivity contribution in [3.8, 4) is 6.07 Å². The van der Waals surface area contributed by atoms with E-state index in [4.69, 9.17) is 5.26 Å². The highest BCUT2D eigenvalue weighted by atomic mass is 32.2. The minimum Gasteiger partial charge on any atom is -0.341 e. The number of para-hydroxylation sites is 1. The number of benzene rings is 4. The second-order valence-electron chi connectivity index (χ2n) is 10.6. The normalized spacial score (nSPS) is 14.0. The van der Waals surface area contributed by atoms with Crippen molar-refractivity contribution >= 4 is 49.4 Å². The second kappa shape index (κ2) is 11.6. The number of hydrogen-bond acceptors (Lipinski definition) is 5. The molecule has 2 heterocycles. The first-order chi connectivity index (χ1) is 20.8. The SMILES string of the molecule is N#Cc1ccc(CC(NC(=O)c2cc3ccccc3n2S(=O)(=O)Nc2ccc3ccccc3c2)C(=O)N2CCCC2)cc1. The number of likely N-dealkylation sites (tertiary alicyclic amines) is 1. The predicted molar refractivity (Wildman–Crippen MR) is 166 cm³/mol. The molecule has 0 radical (unpaired) electrons. The molecule has 43 heavy (non-hydrogen) atoms. The Labute approximate surface area is 249 Å². The van der Waals surface area contributed by atoms with Gasteiger partial charge in [-0.3, -0.25) is 14.3 Å². The van der Waals surface area contributed by atoms with Crippen LogP contribution in [-0.2, 0) is 21.4 Å². The van der Waals surface area contributed by atoms with Gasteiger partial charge >= 0.3 is 10.2 Å². The summed E-state index contributed by atoms with van der Waals surface area (Å²) in [5, 5.41) is 14.4. The third-order valence-corrected chi connectivity index (χ3v) is 9.05. The average Bonchev–Trinajstić information content (AvgIpc) is 3.70. The molecule has 2 amide bonds. The van der Waals surface area contributed by atoms with Crippen molar-refractivity contribution in [3.05, 3.63) is 114 Å². The number of nitrogens with one attached hydrogen (secondary N) is 2. The highest BCUT2D eigenvalue weighted by Gasteiger charge is 2.31. The van der Waals surface area contributed by atoms with E-state index in [0.717, 1.165) is 33.1 Å². The third kappa shape index (κ3) is 5.80. The lowest BCUT2D eigenvalue weighted by atomic mass is 10.0. The summed E-state index contributed by atoms with van der Waals surface area (Å²) in [4.78, 5) is 29.2. The Balaban J connectivity index is 1.35. The van der Waals surface area contributed by atoms with Crippen LogP contribution in [0.1, 0.15) is 34.5 Å². The monoisotopic (exact) mass is 591 g/mol. The summed E-state index contributed by atoms with van der Waals surface area (Å²) in [5.41, 5.74) is 1.82. The Morgan fingerprint density at radius 3 is 2.23 bits per heavy atom. The second-order valence-corrected chi connectivity index (χ2v) is 12.1. The van der Waals surface area contributed by atoms with Crippen LogP contribution in [0.2, 0.25) is 0 Å². The Morgan fingerprint density at radius 1 is 0.837 bits per heavy atom. The fourth-order valence-electron chi connectivity index (χ4n) is 5.54. The van der Waals surface area contributed by atoms with Crippen molar-refractivity contribution in [3.63, 3.8) is 0 Å². The van der Waals surface area contributed by atoms with Gasteiger partial charge in [0, 0.05) is 24.9 Å². The molecular formula is C33H29N5O4S. The number of fused-ring (bicyclic) bond motifs is 2. The maximum atomic E-state index is 13.9. The van der Waals surface area contributed by atoms with Crippen LogP contribution in [0.5, 0.6) is 0 Å². The van der Waals surface area contributed by atoms with Gasteiger partial charge in [-0.25, -0.2) is 3.97 Å². The molecule has 1 aliphatic heterocycles. The molecule has 1 fully saturated rings. The van der Waals surface area contributed by atoms with E-state index in [-0.39, 0.29) is 18.0 Å². The lowest BCUT2D eigenvalue weighted by molar-refractivity contribution is -0.132. The van der Waals surface area contributed by atoms with E-state index in [9.17, 15) is 18.0 Å². The summed E-state index contributed by atoms with van der Waals surface area (Å²) in [7, 11) is -4.30. The Kier molecular flexibility index (Phi) is 7.57. The van der Waals surface area contributed by atoms with E-state index < -0.39 is 22.2 Å². The van der Waals surface area contributed by atoms with Gasteiger partial charge in [-0.05, 0) is 65.6 Å². The van der Waals surface area contributed by atoms with E-state index in [1.165, 1.54) is 6.07 Å². The minimum atomic E-state index is -4.30. The topological polar surface area (TPSA) is 124 Å². The van der Waals surface area contributed by atoms with Crippen LogP contribution in [-0.4, -0.2) is 48.2 Å². The van der Waals surface area contributed by atoms with Crippen molar-refractivity contribution in [1.29, 1.82) is 5.26 Å². The maximum absolute atomic E-state index is 13.9. The summed E-state index contributed by atoms with van der Waals surface area (Å²) >= 11 is 0. The highest BCUT2D eigenvalue weighted by molar-refractivity contribution is 7.91. The largest absolute Gasteiger partial charge is 0.341 e. The molecule has 6 rings (SSSR count). The van der Waals surface area contributed by atoms with Crippen molar-refractivity contribution in [1.82, 2.24) is 14.2 Å². The Morgan fingerprint density at radius 2 is 1.51 bits per heavy atom. The van der Waals surface area contributed by atoms with Gasteiger partial charge in [0.25, 0.3) is 5.91 Å². The molecule has 1 saturated heterocycles. The van der Waals surface area contributed by atoms with Gasteiger partial charge in [-0.15, -0.1) is 0 Å². The van der Waals surface area contributed by atoms with Gasteiger partial charge in [0.05, 0.1) is 22.8 Å². The molecule has 10 heteroatoms. The van der Waals surface area contributed by atoms with E-state index in [0.29, 0.717) is 35.2 Å². The predicted octanol–water partition coefficient (Wildman–Crippen LogP) is 4.83. The molecule has 4 aromatic carbocycles. The van der Waals surface area contributed by atoms with Crippen LogP contribution in [0.25, 0.3) is 21.7 Å². The van der Waals surface area contributed by atoms with Crippen LogP contribution in [0.3, 0.4) is 0 Å². The molecule has 5 aromatic rings. The molecule has 0 bridgehead atoms. The first-order valence-corrected chi connectivity index (χ1v) is 15.5. The summed E-state index contributed by atoms with van der Waals surface area (Å²) < 4.78 is 31.4. The molecule has 0 saturated carbocycles. The molecule has 0 spiro atoms. The number of hydrogen-bond donors (Lipinski definition) is 2. The number of anilines is 1. The standard InChI is InChI=1S/C33H29N5O4S/c34-22-24-13-11-23(12-14-24)19-29(33(40)37-17-5-6-18-37)35-32(39)31-21-27-9-3-4-10-30(27)38(31)43(41,42)36-28-16-15-25-7-1-2-8-26(25)20-28/h1-4,7-16,20-21,29,36H,5-6,17-19H2,(H,35,39). The zero-order chi connectivity index (χ0) is 30.0. The quantitative estimate of drug-likeness (QED) is 0.267. The highest BCUT2D eigenvalue weighted by Crippen LogP contribution is 2.25. The summed E-state index contributed by atoms with van der Waals surface area (Å²) in [5.74, 6) is -0.915. The fourth-order valence-corrected chi connectivity index (χ4v) is 6.87. The van der Waals surface area contributed by atoms with Crippen LogP contribution >= 0.6 is 0 Å². The molecule has 1 unspecified atom stereocenters. The number of carbonyl (C=O) groups excluding carboxylic acids is 2. The number of nitrogens with zero attached hydrogens (tertiary/aromatic N) is 3. The zero-order valence-corrected chi connectivity index (χ0v) is 24.0. The number of carbonyl (C=O) groups is 2. The van der Waals surface area contributed by atoms with Gasteiger partial charge in [-0.2, -0.15) is 13.7 Å². The molecule has 9 nitrogen and oxygen atoms in total. The lowest BCUT2D eigenvalue weighted by Crippen LogP contribution is -2.49. The van der Waals surface area contributed by atoms with E-state index >= 15 is 0 Å². The van der Waals surface area contributed by atoms with E-state index in [1.54, 1.807) is 65.6 Å². The van der Waals surface area contributed by atoms with Crippen molar-refractivity contribution in [2.45, 2.75) is 25.3 Å². The van der Waals surface area contributed by atoms with Crippen LogP contribution < -0.4 is 10.0 Å². The van der Waals surface area contributed by atoms with Gasteiger partial charge < -0.3 is 10.2 Å². The molecular weight excluding hydrogens is 562 g/mol. The first-order valence-electron chi connectivity index (χ1n) is 14.0. The van der Waals surface area contributed by atoms with Crippen molar-refractivity contribution < 1.29 is 18.0 Å². The maximum Gasteiger partial charge on any atom is 0.328 e. The number of amides is 2. The summed E-state index contributed by atoms with van der Waals surface area (Å²) in [6, 6.07) is 29.2. The Hall–Kier alpha value is -5.14. The smallest absolute Gasteiger partial charge is 0.328 e. The minimum absolute atomic E-state index is 0.117. The van der Waals surface area contributed by atoms with Gasteiger partial charge in [0.15, 0.2) is 0 Å². The van der Waals surface area contributed by atoms with Crippen molar-refractivity contribution in [2.24, 2.45) is 0 Å². The summed E-state index contributed by atoms with van der Waals surface area (Å²) in [6.07, 6.45) is 1.96.